The molecular formula is C13H14N2O3S. The molecule has 2 aromatic heterocycles. The lowest BCUT2D eigenvalue weighted by Gasteiger charge is -2.07. The van der Waals surface area contributed by atoms with Gasteiger partial charge in [0, 0.05) is 29.5 Å². The quantitative estimate of drug-likeness (QED) is 0.876. The number of nitrogens with zero attached hydrogens (tertiary/aromatic N) is 2. The lowest BCUT2D eigenvalue weighted by atomic mass is 10.2. The van der Waals surface area contributed by atoms with Gasteiger partial charge in [0.15, 0.2) is 0 Å². The van der Waals surface area contributed by atoms with E-state index in [1.807, 2.05) is 17.5 Å². The molecule has 0 aromatic carbocycles. The van der Waals surface area contributed by atoms with E-state index in [0.717, 1.165) is 5.56 Å². The minimum atomic E-state index is -0.843. The summed E-state index contributed by atoms with van der Waals surface area (Å²) in [4.78, 5) is 20.3. The van der Waals surface area contributed by atoms with Crippen molar-refractivity contribution in [1.29, 1.82) is 0 Å². The molecule has 0 aliphatic heterocycles. The molecule has 5 nitrogen and oxygen atoms in total. The summed E-state index contributed by atoms with van der Waals surface area (Å²) in [6.45, 7) is 0. The zero-order valence-corrected chi connectivity index (χ0v) is 11.3. The highest BCUT2D eigenvalue weighted by Gasteiger charge is 2.10. The molecule has 0 spiro atoms. The van der Waals surface area contributed by atoms with Gasteiger partial charge in [0.05, 0.1) is 7.11 Å². The van der Waals surface area contributed by atoms with Crippen LogP contribution in [-0.4, -0.2) is 28.2 Å². The van der Waals surface area contributed by atoms with Gasteiger partial charge in [0.1, 0.15) is 5.82 Å². The van der Waals surface area contributed by atoms with Crippen LogP contribution in [0.15, 0.2) is 23.7 Å². The number of carbonyl (C=O) groups is 1. The summed E-state index contributed by atoms with van der Waals surface area (Å²) < 4.78 is 5.20. The zero-order valence-electron chi connectivity index (χ0n) is 10.5. The summed E-state index contributed by atoms with van der Waals surface area (Å²) >= 11 is 1.65. The van der Waals surface area contributed by atoms with Crippen molar-refractivity contribution in [2.24, 2.45) is 0 Å². The van der Waals surface area contributed by atoms with Crippen LogP contribution in [0.4, 0.5) is 0 Å². The van der Waals surface area contributed by atoms with Crippen molar-refractivity contribution in [3.8, 4) is 5.88 Å². The molecule has 0 saturated carbocycles. The Kier molecular flexibility index (Phi) is 4.46. The predicted molar refractivity (Wildman–Crippen MR) is 71.7 cm³/mol. The average Bonchev–Trinajstić information content (AvgIpc) is 2.89. The molecule has 0 saturated heterocycles. The molecular weight excluding hydrogens is 264 g/mol. The maximum absolute atomic E-state index is 10.6. The Morgan fingerprint density at radius 2 is 2.37 bits per heavy atom. The van der Waals surface area contributed by atoms with Crippen molar-refractivity contribution in [1.82, 2.24) is 9.97 Å². The first kappa shape index (κ1) is 13.5. The monoisotopic (exact) mass is 278 g/mol. The van der Waals surface area contributed by atoms with Gasteiger partial charge in [-0.3, -0.25) is 4.79 Å². The summed E-state index contributed by atoms with van der Waals surface area (Å²) in [5, 5.41) is 10.7. The van der Waals surface area contributed by atoms with Gasteiger partial charge in [0.25, 0.3) is 0 Å². The number of carboxylic acid groups (broad SMARTS) is 1. The summed E-state index contributed by atoms with van der Waals surface area (Å²) in [5.41, 5.74) is 0.722. The maximum Gasteiger partial charge on any atom is 0.303 e. The third-order valence-electron chi connectivity index (χ3n) is 2.59. The smallest absolute Gasteiger partial charge is 0.303 e. The Morgan fingerprint density at radius 1 is 1.53 bits per heavy atom. The fourth-order valence-electron chi connectivity index (χ4n) is 1.67. The lowest BCUT2D eigenvalue weighted by Crippen LogP contribution is -2.04. The summed E-state index contributed by atoms with van der Waals surface area (Å²) in [6.07, 6.45) is 2.73. The van der Waals surface area contributed by atoms with Gasteiger partial charge in [-0.2, -0.15) is 4.98 Å². The summed E-state index contributed by atoms with van der Waals surface area (Å²) in [7, 11) is 1.53. The molecule has 0 fully saturated rings. The highest BCUT2D eigenvalue weighted by molar-refractivity contribution is 7.09. The van der Waals surface area contributed by atoms with E-state index in [1.54, 1.807) is 17.5 Å². The van der Waals surface area contributed by atoms with E-state index in [2.05, 4.69) is 9.97 Å². The molecule has 0 atom stereocenters. The predicted octanol–water partition coefficient (Wildman–Crippen LogP) is 2.15. The maximum atomic E-state index is 10.6. The second-order valence-electron chi connectivity index (χ2n) is 3.97. The van der Waals surface area contributed by atoms with Gasteiger partial charge < -0.3 is 9.84 Å². The van der Waals surface area contributed by atoms with E-state index in [9.17, 15) is 4.79 Å². The Bertz CT molecular complexity index is 555. The van der Waals surface area contributed by atoms with E-state index < -0.39 is 5.97 Å². The fraction of sp³-hybridized carbons (Fsp3) is 0.308. The van der Waals surface area contributed by atoms with Gasteiger partial charge in [-0.15, -0.1) is 11.3 Å². The van der Waals surface area contributed by atoms with Crippen molar-refractivity contribution in [3.63, 3.8) is 0 Å². The van der Waals surface area contributed by atoms with E-state index >= 15 is 0 Å². The van der Waals surface area contributed by atoms with Crippen LogP contribution in [-0.2, 0) is 17.6 Å². The number of thiophene rings is 1. The topological polar surface area (TPSA) is 72.3 Å². The lowest BCUT2D eigenvalue weighted by molar-refractivity contribution is -0.136. The Labute approximate surface area is 114 Å². The third-order valence-corrected chi connectivity index (χ3v) is 3.47. The first-order valence-electron chi connectivity index (χ1n) is 5.82. The SMILES string of the molecule is COc1nc(Cc2cccs2)ncc1CCC(=O)O. The number of hydrogen-bond acceptors (Lipinski definition) is 5. The van der Waals surface area contributed by atoms with Crippen molar-refractivity contribution in [2.75, 3.05) is 7.11 Å². The molecule has 0 amide bonds. The van der Waals surface area contributed by atoms with Crippen LogP contribution in [0.1, 0.15) is 22.7 Å². The first-order chi connectivity index (χ1) is 9.19. The standard InChI is InChI=1S/C13H14N2O3S/c1-18-13-9(4-5-12(16)17)8-14-11(15-13)7-10-3-2-6-19-10/h2-3,6,8H,4-5,7H2,1H3,(H,16,17). The van der Waals surface area contributed by atoms with Gasteiger partial charge in [-0.1, -0.05) is 6.07 Å². The van der Waals surface area contributed by atoms with Crippen molar-refractivity contribution >= 4 is 17.3 Å². The van der Waals surface area contributed by atoms with E-state index in [1.165, 1.54) is 12.0 Å². The van der Waals surface area contributed by atoms with Gasteiger partial charge in [0.2, 0.25) is 5.88 Å². The second kappa shape index (κ2) is 6.29. The van der Waals surface area contributed by atoms with Crippen LogP contribution < -0.4 is 4.74 Å². The number of aromatic nitrogens is 2. The second-order valence-corrected chi connectivity index (χ2v) is 5.00. The normalized spacial score (nSPS) is 10.4. The summed E-state index contributed by atoms with van der Waals surface area (Å²) in [6, 6.07) is 4.01. The molecule has 2 rings (SSSR count). The molecule has 0 aliphatic rings. The number of ether oxygens (including phenoxy) is 1. The van der Waals surface area contributed by atoms with Crippen LogP contribution in [0, 0.1) is 0 Å². The van der Waals surface area contributed by atoms with Crippen LogP contribution in [0.25, 0.3) is 0 Å². The highest BCUT2D eigenvalue weighted by atomic mass is 32.1. The highest BCUT2D eigenvalue weighted by Crippen LogP contribution is 2.18. The largest absolute Gasteiger partial charge is 0.481 e. The molecule has 0 unspecified atom stereocenters. The average molecular weight is 278 g/mol. The number of methoxy groups -OCH3 is 1. The number of hydrogen-bond donors (Lipinski definition) is 1. The van der Waals surface area contributed by atoms with E-state index in [4.69, 9.17) is 9.84 Å². The van der Waals surface area contributed by atoms with Crippen molar-refractivity contribution in [2.45, 2.75) is 19.3 Å². The number of aliphatic carboxylic acids is 1. The van der Waals surface area contributed by atoms with E-state index in [0.29, 0.717) is 24.5 Å². The third kappa shape index (κ3) is 3.75. The fourth-order valence-corrected chi connectivity index (χ4v) is 2.37. The van der Waals surface area contributed by atoms with Gasteiger partial charge >= 0.3 is 5.97 Å². The van der Waals surface area contributed by atoms with Crippen LogP contribution in [0.3, 0.4) is 0 Å². The molecule has 1 N–H and O–H groups in total. The Balaban J connectivity index is 2.13. The number of rotatable bonds is 6. The Morgan fingerprint density at radius 3 is 3.00 bits per heavy atom. The molecule has 6 heteroatoms. The van der Waals surface area contributed by atoms with Crippen molar-refractivity contribution < 1.29 is 14.6 Å². The molecule has 0 bridgehead atoms. The molecule has 2 heterocycles. The zero-order chi connectivity index (χ0) is 13.7. The van der Waals surface area contributed by atoms with Crippen LogP contribution in [0.5, 0.6) is 5.88 Å². The van der Waals surface area contributed by atoms with Gasteiger partial charge in [-0.05, 0) is 17.9 Å². The van der Waals surface area contributed by atoms with Crippen molar-refractivity contribution in [3.05, 3.63) is 40.0 Å². The van der Waals surface area contributed by atoms with Crippen LogP contribution in [0.2, 0.25) is 0 Å². The summed E-state index contributed by atoms with van der Waals surface area (Å²) in [5.74, 6) is 0.297. The molecule has 0 radical (unpaired) electrons. The van der Waals surface area contributed by atoms with Crippen LogP contribution >= 0.6 is 11.3 Å². The Hall–Kier alpha value is -1.95. The molecule has 2 aromatic rings. The minimum absolute atomic E-state index is 0.0456. The first-order valence-corrected chi connectivity index (χ1v) is 6.70. The van der Waals surface area contributed by atoms with E-state index in [-0.39, 0.29) is 6.42 Å². The minimum Gasteiger partial charge on any atom is -0.481 e. The molecule has 100 valence electrons. The van der Waals surface area contributed by atoms with Gasteiger partial charge in [-0.25, -0.2) is 4.98 Å². The number of carboxylic acids is 1. The molecule has 19 heavy (non-hydrogen) atoms. The molecule has 0 aliphatic carbocycles. The number of aryl methyl sites for hydroxylation is 1.